The SMILES string of the molecule is CO[C@@H]1[C@@H](OC(C)C)[C@H](COC(C)C)O[C@H]1C. The summed E-state index contributed by atoms with van der Waals surface area (Å²) in [5.41, 5.74) is 0. The van der Waals surface area contributed by atoms with E-state index in [1.54, 1.807) is 7.11 Å². The van der Waals surface area contributed by atoms with Gasteiger partial charge in [-0.15, -0.1) is 0 Å². The van der Waals surface area contributed by atoms with Crippen LogP contribution in [-0.4, -0.2) is 50.3 Å². The maximum atomic E-state index is 5.90. The molecule has 1 heterocycles. The molecule has 0 aromatic heterocycles. The first-order valence-corrected chi connectivity index (χ1v) is 6.41. The molecule has 17 heavy (non-hydrogen) atoms. The van der Waals surface area contributed by atoms with Crippen LogP contribution in [0.3, 0.4) is 0 Å². The summed E-state index contributed by atoms with van der Waals surface area (Å²) in [4.78, 5) is 0. The highest BCUT2D eigenvalue weighted by Gasteiger charge is 2.44. The first kappa shape index (κ1) is 14.9. The predicted molar refractivity (Wildman–Crippen MR) is 66.2 cm³/mol. The van der Waals surface area contributed by atoms with Crippen LogP contribution in [-0.2, 0) is 18.9 Å². The summed E-state index contributed by atoms with van der Waals surface area (Å²) >= 11 is 0. The van der Waals surface area contributed by atoms with E-state index in [2.05, 4.69) is 0 Å². The summed E-state index contributed by atoms with van der Waals surface area (Å²) in [7, 11) is 1.70. The van der Waals surface area contributed by atoms with E-state index in [1.165, 1.54) is 0 Å². The molecule has 1 rings (SSSR count). The molecule has 102 valence electrons. The van der Waals surface area contributed by atoms with Crippen LogP contribution in [0.1, 0.15) is 34.6 Å². The van der Waals surface area contributed by atoms with E-state index in [0.29, 0.717) is 6.61 Å². The minimum atomic E-state index is -0.0475. The van der Waals surface area contributed by atoms with E-state index in [0.717, 1.165) is 0 Å². The van der Waals surface area contributed by atoms with Gasteiger partial charge in [0.2, 0.25) is 0 Å². The van der Waals surface area contributed by atoms with Crippen molar-refractivity contribution in [3.05, 3.63) is 0 Å². The maximum Gasteiger partial charge on any atom is 0.115 e. The lowest BCUT2D eigenvalue weighted by Gasteiger charge is -2.25. The van der Waals surface area contributed by atoms with Gasteiger partial charge in [0.15, 0.2) is 0 Å². The van der Waals surface area contributed by atoms with Crippen molar-refractivity contribution in [2.75, 3.05) is 13.7 Å². The van der Waals surface area contributed by atoms with Gasteiger partial charge in [-0.2, -0.15) is 0 Å². The van der Waals surface area contributed by atoms with Crippen molar-refractivity contribution in [2.45, 2.75) is 71.2 Å². The van der Waals surface area contributed by atoms with Crippen LogP contribution in [0.25, 0.3) is 0 Å². The third-order valence-electron chi connectivity index (χ3n) is 2.84. The summed E-state index contributed by atoms with van der Waals surface area (Å²) in [5, 5.41) is 0. The molecule has 1 aliphatic heterocycles. The second kappa shape index (κ2) is 6.69. The molecule has 1 saturated heterocycles. The molecule has 0 amide bonds. The van der Waals surface area contributed by atoms with Crippen LogP contribution in [0.4, 0.5) is 0 Å². The average molecular weight is 246 g/mol. The largest absolute Gasteiger partial charge is 0.376 e. The van der Waals surface area contributed by atoms with Crippen LogP contribution >= 0.6 is 0 Å². The van der Waals surface area contributed by atoms with Crippen molar-refractivity contribution < 1.29 is 18.9 Å². The van der Waals surface area contributed by atoms with Crippen LogP contribution in [0, 0.1) is 0 Å². The zero-order valence-electron chi connectivity index (χ0n) is 11.8. The Kier molecular flexibility index (Phi) is 5.86. The van der Waals surface area contributed by atoms with Crippen molar-refractivity contribution in [1.82, 2.24) is 0 Å². The van der Waals surface area contributed by atoms with Crippen LogP contribution in [0.15, 0.2) is 0 Å². The fraction of sp³-hybridized carbons (Fsp3) is 1.00. The maximum absolute atomic E-state index is 5.90. The first-order chi connectivity index (χ1) is 7.95. The Morgan fingerprint density at radius 2 is 1.71 bits per heavy atom. The van der Waals surface area contributed by atoms with Gasteiger partial charge in [-0.05, 0) is 34.6 Å². The van der Waals surface area contributed by atoms with E-state index >= 15 is 0 Å². The van der Waals surface area contributed by atoms with Gasteiger partial charge in [0.25, 0.3) is 0 Å². The summed E-state index contributed by atoms with van der Waals surface area (Å²) in [6, 6.07) is 0. The molecule has 4 atom stereocenters. The summed E-state index contributed by atoms with van der Waals surface area (Å²) in [6.45, 7) is 10.7. The second-order valence-electron chi connectivity index (χ2n) is 5.11. The van der Waals surface area contributed by atoms with Crippen molar-refractivity contribution >= 4 is 0 Å². The molecule has 0 radical (unpaired) electrons. The van der Waals surface area contributed by atoms with Gasteiger partial charge in [0.05, 0.1) is 24.9 Å². The smallest absolute Gasteiger partial charge is 0.115 e. The van der Waals surface area contributed by atoms with E-state index < -0.39 is 0 Å². The molecular weight excluding hydrogens is 220 g/mol. The molecule has 0 aromatic rings. The highest BCUT2D eigenvalue weighted by Crippen LogP contribution is 2.27. The Bertz CT molecular complexity index is 217. The zero-order chi connectivity index (χ0) is 13.0. The number of methoxy groups -OCH3 is 1. The molecule has 0 spiro atoms. The third kappa shape index (κ3) is 4.21. The fourth-order valence-electron chi connectivity index (χ4n) is 2.14. The molecule has 0 unspecified atom stereocenters. The minimum Gasteiger partial charge on any atom is -0.376 e. The van der Waals surface area contributed by atoms with Gasteiger partial charge in [-0.1, -0.05) is 0 Å². The van der Waals surface area contributed by atoms with Crippen molar-refractivity contribution in [3.8, 4) is 0 Å². The standard InChI is InChI=1S/C13H26O4/c1-8(2)15-7-11-13(16-9(3)4)12(14-6)10(5)17-11/h8-13H,7H2,1-6H3/t10-,11-,12-,13-/m0/s1. The average Bonchev–Trinajstić information content (AvgIpc) is 2.51. The number of hydrogen-bond acceptors (Lipinski definition) is 4. The van der Waals surface area contributed by atoms with Gasteiger partial charge < -0.3 is 18.9 Å². The van der Waals surface area contributed by atoms with Gasteiger partial charge in [0.1, 0.15) is 18.3 Å². The van der Waals surface area contributed by atoms with Gasteiger partial charge >= 0.3 is 0 Å². The summed E-state index contributed by atoms with van der Waals surface area (Å²) in [5.74, 6) is 0. The monoisotopic (exact) mass is 246 g/mol. The third-order valence-corrected chi connectivity index (χ3v) is 2.84. The molecule has 0 saturated carbocycles. The molecule has 0 aromatic carbocycles. The first-order valence-electron chi connectivity index (χ1n) is 6.41. The Balaban J connectivity index is 2.60. The van der Waals surface area contributed by atoms with Gasteiger partial charge in [-0.25, -0.2) is 0 Å². The lowest BCUT2D eigenvalue weighted by molar-refractivity contribution is -0.0979. The molecule has 1 fully saturated rings. The van der Waals surface area contributed by atoms with Crippen LogP contribution < -0.4 is 0 Å². The number of hydrogen-bond donors (Lipinski definition) is 0. The lowest BCUT2D eigenvalue weighted by Crippen LogP contribution is -2.40. The molecule has 0 N–H and O–H groups in total. The highest BCUT2D eigenvalue weighted by atomic mass is 16.6. The van der Waals surface area contributed by atoms with E-state index in [4.69, 9.17) is 18.9 Å². The van der Waals surface area contributed by atoms with Crippen LogP contribution in [0.5, 0.6) is 0 Å². The highest BCUT2D eigenvalue weighted by molar-refractivity contribution is 4.91. The van der Waals surface area contributed by atoms with E-state index in [9.17, 15) is 0 Å². The van der Waals surface area contributed by atoms with Gasteiger partial charge in [-0.3, -0.25) is 0 Å². The van der Waals surface area contributed by atoms with Gasteiger partial charge in [0, 0.05) is 7.11 Å². The fourth-order valence-corrected chi connectivity index (χ4v) is 2.14. The Morgan fingerprint density at radius 1 is 1.06 bits per heavy atom. The summed E-state index contributed by atoms with van der Waals surface area (Å²) < 4.78 is 22.8. The minimum absolute atomic E-state index is 0.0156. The molecule has 4 nitrogen and oxygen atoms in total. The predicted octanol–water partition coefficient (Wildman–Crippen LogP) is 2.01. The van der Waals surface area contributed by atoms with E-state index in [-0.39, 0.29) is 36.6 Å². The van der Waals surface area contributed by atoms with E-state index in [1.807, 2.05) is 34.6 Å². The Hall–Kier alpha value is -0.160. The molecular formula is C13H26O4. The topological polar surface area (TPSA) is 36.9 Å². The normalized spacial score (nSPS) is 33.9. The van der Waals surface area contributed by atoms with Crippen molar-refractivity contribution in [2.24, 2.45) is 0 Å². The molecule has 0 bridgehead atoms. The molecule has 1 aliphatic rings. The number of rotatable bonds is 6. The Morgan fingerprint density at radius 3 is 2.18 bits per heavy atom. The second-order valence-corrected chi connectivity index (χ2v) is 5.11. The molecule has 4 heteroatoms. The van der Waals surface area contributed by atoms with Crippen molar-refractivity contribution in [1.29, 1.82) is 0 Å². The molecule has 0 aliphatic carbocycles. The number of ether oxygens (including phenoxy) is 4. The quantitative estimate of drug-likeness (QED) is 0.718. The van der Waals surface area contributed by atoms with Crippen molar-refractivity contribution in [3.63, 3.8) is 0 Å². The zero-order valence-corrected chi connectivity index (χ0v) is 11.8. The lowest BCUT2D eigenvalue weighted by atomic mass is 10.1. The van der Waals surface area contributed by atoms with Crippen LogP contribution in [0.2, 0.25) is 0 Å². The Labute approximate surface area is 105 Å². The summed E-state index contributed by atoms with van der Waals surface area (Å²) in [6.07, 6.45) is 0.305.